The second kappa shape index (κ2) is 4.45. The van der Waals surface area contributed by atoms with Gasteiger partial charge in [0.1, 0.15) is 6.23 Å². The molecule has 1 heterocycles. The largest absolute Gasteiger partial charge is 0.361 e. The van der Waals surface area contributed by atoms with Crippen molar-refractivity contribution in [3.8, 4) is 0 Å². The van der Waals surface area contributed by atoms with Gasteiger partial charge in [-0.15, -0.1) is 12.4 Å². The third-order valence-corrected chi connectivity index (χ3v) is 2.80. The molecule has 1 saturated heterocycles. The van der Waals surface area contributed by atoms with Crippen LogP contribution in [0.1, 0.15) is 32.6 Å². The number of nitrogens with one attached hydrogen (secondary N) is 1. The smallest absolute Gasteiger partial charge is 0.111 e. The third-order valence-electron chi connectivity index (χ3n) is 2.80. The molecule has 3 heteroatoms. The van der Waals surface area contributed by atoms with Crippen molar-refractivity contribution in [1.82, 2.24) is 5.32 Å². The molecule has 72 valence electrons. The fourth-order valence-corrected chi connectivity index (χ4v) is 2.16. The third kappa shape index (κ3) is 2.12. The van der Waals surface area contributed by atoms with Crippen LogP contribution in [0, 0.1) is 5.92 Å². The summed E-state index contributed by atoms with van der Waals surface area (Å²) in [6.07, 6.45) is 5.92. The van der Waals surface area contributed by atoms with Crippen molar-refractivity contribution in [1.29, 1.82) is 0 Å². The second-order valence-corrected chi connectivity index (χ2v) is 3.87. The summed E-state index contributed by atoms with van der Waals surface area (Å²) in [7, 11) is 0. The minimum atomic E-state index is 0. The first kappa shape index (κ1) is 10.3. The zero-order valence-electron chi connectivity index (χ0n) is 7.58. The molecule has 0 radical (unpaired) electrons. The Morgan fingerprint density at radius 1 is 1.25 bits per heavy atom. The maximum Gasteiger partial charge on any atom is 0.111 e. The van der Waals surface area contributed by atoms with Crippen molar-refractivity contribution in [3.63, 3.8) is 0 Å². The average Bonchev–Trinajstić information content (AvgIpc) is 2.55. The van der Waals surface area contributed by atoms with Crippen molar-refractivity contribution >= 4 is 12.4 Å². The van der Waals surface area contributed by atoms with Crippen LogP contribution in [-0.4, -0.2) is 18.9 Å². The molecule has 0 bridgehead atoms. The fourth-order valence-electron chi connectivity index (χ4n) is 2.16. The summed E-state index contributed by atoms with van der Waals surface area (Å²) in [5, 5.41) is 3.47. The molecule has 1 aliphatic carbocycles. The van der Waals surface area contributed by atoms with Gasteiger partial charge in [0.15, 0.2) is 0 Å². The first-order chi connectivity index (χ1) is 5.36. The van der Waals surface area contributed by atoms with Crippen LogP contribution in [0.5, 0.6) is 0 Å². The fraction of sp³-hybridized carbons (Fsp3) is 1.00. The van der Waals surface area contributed by atoms with E-state index in [9.17, 15) is 0 Å². The lowest BCUT2D eigenvalue weighted by Crippen LogP contribution is -2.33. The highest BCUT2D eigenvalue weighted by molar-refractivity contribution is 5.85. The van der Waals surface area contributed by atoms with Crippen molar-refractivity contribution < 1.29 is 4.74 Å². The maximum absolute atomic E-state index is 5.64. The minimum absolute atomic E-state index is 0. The number of rotatable bonds is 1. The molecule has 2 atom stereocenters. The van der Waals surface area contributed by atoms with Crippen molar-refractivity contribution in [2.45, 2.75) is 44.9 Å². The molecule has 2 fully saturated rings. The van der Waals surface area contributed by atoms with Gasteiger partial charge < -0.3 is 4.74 Å². The normalized spacial score (nSPS) is 36.8. The summed E-state index contributed by atoms with van der Waals surface area (Å²) in [5.74, 6) is 0.806. The Bertz CT molecular complexity index is 136. The van der Waals surface area contributed by atoms with Crippen LogP contribution >= 0.6 is 12.4 Å². The van der Waals surface area contributed by atoms with Gasteiger partial charge in [-0.2, -0.15) is 0 Å². The zero-order chi connectivity index (χ0) is 7.68. The Morgan fingerprint density at radius 3 is 2.42 bits per heavy atom. The first-order valence-electron chi connectivity index (χ1n) is 4.74. The Hall–Kier alpha value is 0.210. The molecular weight excluding hydrogens is 174 g/mol. The van der Waals surface area contributed by atoms with E-state index in [0.29, 0.717) is 12.3 Å². The van der Waals surface area contributed by atoms with Crippen LogP contribution < -0.4 is 5.32 Å². The lowest BCUT2D eigenvalue weighted by molar-refractivity contribution is 0.0540. The molecule has 0 amide bonds. The Balaban J connectivity index is 0.000000720. The van der Waals surface area contributed by atoms with Gasteiger partial charge in [0.25, 0.3) is 0 Å². The van der Waals surface area contributed by atoms with Gasteiger partial charge in [-0.3, -0.25) is 5.32 Å². The molecule has 0 aromatic carbocycles. The van der Waals surface area contributed by atoms with E-state index in [1.165, 1.54) is 25.7 Å². The molecule has 0 aromatic heterocycles. The van der Waals surface area contributed by atoms with Gasteiger partial charge in [-0.25, -0.2) is 0 Å². The highest BCUT2D eigenvalue weighted by Gasteiger charge is 2.30. The molecule has 2 unspecified atom stereocenters. The van der Waals surface area contributed by atoms with E-state index in [0.717, 1.165) is 12.5 Å². The highest BCUT2D eigenvalue weighted by Crippen LogP contribution is 2.29. The molecule has 1 saturated carbocycles. The topological polar surface area (TPSA) is 21.3 Å². The summed E-state index contributed by atoms with van der Waals surface area (Å²) in [4.78, 5) is 0. The lowest BCUT2D eigenvalue weighted by atomic mass is 10.1. The Morgan fingerprint density at radius 2 is 1.92 bits per heavy atom. The van der Waals surface area contributed by atoms with Crippen LogP contribution in [0.3, 0.4) is 0 Å². The van der Waals surface area contributed by atoms with Gasteiger partial charge in [0.2, 0.25) is 0 Å². The molecule has 0 aromatic rings. The Labute approximate surface area is 80.5 Å². The second-order valence-electron chi connectivity index (χ2n) is 3.87. The van der Waals surface area contributed by atoms with Crippen molar-refractivity contribution in [2.75, 3.05) is 6.61 Å². The monoisotopic (exact) mass is 191 g/mol. The minimum Gasteiger partial charge on any atom is -0.361 e. The number of hydrogen-bond donors (Lipinski definition) is 1. The summed E-state index contributed by atoms with van der Waals surface area (Å²) < 4.78 is 5.64. The van der Waals surface area contributed by atoms with E-state index < -0.39 is 0 Å². The standard InChI is InChI=1S/C9H17NO.ClH/c1-7-6-11-9(10-7)8-4-2-3-5-8;/h7-10H,2-6H2,1H3;1H. The van der Waals surface area contributed by atoms with Crippen LogP contribution in [0.25, 0.3) is 0 Å². The molecular formula is C9H18ClNO. The lowest BCUT2D eigenvalue weighted by Gasteiger charge is -2.17. The van der Waals surface area contributed by atoms with E-state index in [1.807, 2.05) is 0 Å². The van der Waals surface area contributed by atoms with E-state index in [4.69, 9.17) is 4.74 Å². The first-order valence-corrected chi connectivity index (χ1v) is 4.74. The van der Waals surface area contributed by atoms with E-state index in [2.05, 4.69) is 12.2 Å². The predicted octanol–water partition coefficient (Wildman–Crippen LogP) is 1.93. The SMILES string of the molecule is CC1COC(C2CCCC2)N1.Cl. The van der Waals surface area contributed by atoms with Crippen LogP contribution in [-0.2, 0) is 4.74 Å². The molecule has 0 spiro atoms. The molecule has 2 rings (SSSR count). The zero-order valence-corrected chi connectivity index (χ0v) is 8.40. The van der Waals surface area contributed by atoms with Gasteiger partial charge in [0, 0.05) is 6.04 Å². The maximum atomic E-state index is 5.64. The number of hydrogen-bond acceptors (Lipinski definition) is 2. The van der Waals surface area contributed by atoms with E-state index in [1.54, 1.807) is 0 Å². The van der Waals surface area contributed by atoms with E-state index in [-0.39, 0.29) is 12.4 Å². The van der Waals surface area contributed by atoms with Crippen LogP contribution in [0.2, 0.25) is 0 Å². The van der Waals surface area contributed by atoms with Crippen LogP contribution in [0.15, 0.2) is 0 Å². The Kier molecular flexibility index (Phi) is 3.81. The highest BCUT2D eigenvalue weighted by atomic mass is 35.5. The molecule has 1 N–H and O–H groups in total. The number of ether oxygens (including phenoxy) is 1. The van der Waals surface area contributed by atoms with Crippen molar-refractivity contribution in [3.05, 3.63) is 0 Å². The molecule has 12 heavy (non-hydrogen) atoms. The summed E-state index contributed by atoms with van der Waals surface area (Å²) in [5.41, 5.74) is 0. The van der Waals surface area contributed by atoms with Gasteiger partial charge in [-0.1, -0.05) is 12.8 Å². The van der Waals surface area contributed by atoms with Crippen LogP contribution in [0.4, 0.5) is 0 Å². The van der Waals surface area contributed by atoms with Crippen molar-refractivity contribution in [2.24, 2.45) is 5.92 Å². The molecule has 2 aliphatic rings. The van der Waals surface area contributed by atoms with E-state index >= 15 is 0 Å². The summed E-state index contributed by atoms with van der Waals surface area (Å²) >= 11 is 0. The van der Waals surface area contributed by atoms with Gasteiger partial charge in [0.05, 0.1) is 6.61 Å². The van der Waals surface area contributed by atoms with Gasteiger partial charge >= 0.3 is 0 Å². The summed E-state index contributed by atoms with van der Waals surface area (Å²) in [6, 6.07) is 0.570. The average molecular weight is 192 g/mol. The quantitative estimate of drug-likeness (QED) is 0.684. The summed E-state index contributed by atoms with van der Waals surface area (Å²) in [6.45, 7) is 3.09. The molecule has 1 aliphatic heterocycles. The molecule has 2 nitrogen and oxygen atoms in total. The van der Waals surface area contributed by atoms with Gasteiger partial charge in [-0.05, 0) is 25.7 Å². The number of halogens is 1. The predicted molar refractivity (Wildman–Crippen MR) is 51.5 cm³/mol.